The first-order chi connectivity index (χ1) is 14.9. The number of amides is 1. The minimum atomic E-state index is -3.66. The van der Waals surface area contributed by atoms with Gasteiger partial charge in [-0.1, -0.05) is 48.5 Å². The van der Waals surface area contributed by atoms with E-state index in [9.17, 15) is 13.2 Å². The Morgan fingerprint density at radius 3 is 2.19 bits per heavy atom. The zero-order valence-corrected chi connectivity index (χ0v) is 18.5. The second-order valence-corrected chi connectivity index (χ2v) is 9.87. The van der Waals surface area contributed by atoms with E-state index in [1.165, 1.54) is 4.31 Å². The van der Waals surface area contributed by atoms with Crippen LogP contribution in [0.4, 0.5) is 0 Å². The van der Waals surface area contributed by atoms with Crippen LogP contribution in [0.2, 0.25) is 0 Å². The van der Waals surface area contributed by atoms with Crippen molar-refractivity contribution in [2.45, 2.75) is 30.8 Å². The molecule has 0 aromatic heterocycles. The van der Waals surface area contributed by atoms with Gasteiger partial charge >= 0.3 is 0 Å². The van der Waals surface area contributed by atoms with Gasteiger partial charge in [0.2, 0.25) is 10.0 Å². The van der Waals surface area contributed by atoms with Crippen LogP contribution in [-0.2, 0) is 14.8 Å². The van der Waals surface area contributed by atoms with Crippen LogP contribution in [0.3, 0.4) is 0 Å². The zero-order valence-electron chi connectivity index (χ0n) is 17.6. The third-order valence-electron chi connectivity index (χ3n) is 5.64. The van der Waals surface area contributed by atoms with E-state index in [0.29, 0.717) is 5.75 Å². The van der Waals surface area contributed by atoms with Crippen molar-refractivity contribution in [2.75, 3.05) is 19.7 Å². The molecule has 3 aromatic carbocycles. The smallest absolute Gasteiger partial charge is 0.261 e. The highest BCUT2D eigenvalue weighted by Gasteiger charge is 2.38. The Hall–Kier alpha value is -2.90. The SMILES string of the molecule is CC1CN(S(=O)(=O)c2ccc3ccccc3c2)CC(C)N1C(=O)COc1ccccc1. The largest absolute Gasteiger partial charge is 0.484 e. The molecule has 2 atom stereocenters. The number of carbonyl (C=O) groups is 1. The summed E-state index contributed by atoms with van der Waals surface area (Å²) in [6.07, 6.45) is 0. The Balaban J connectivity index is 1.47. The molecule has 1 amide bonds. The van der Waals surface area contributed by atoms with Gasteiger partial charge in [-0.15, -0.1) is 0 Å². The number of carbonyl (C=O) groups excluding carboxylic acids is 1. The first kappa shape index (κ1) is 21.3. The van der Waals surface area contributed by atoms with Crippen molar-refractivity contribution in [3.63, 3.8) is 0 Å². The molecule has 3 aromatic rings. The molecule has 2 unspecified atom stereocenters. The highest BCUT2D eigenvalue weighted by atomic mass is 32.2. The molecule has 1 saturated heterocycles. The normalized spacial score (nSPS) is 20.0. The first-order valence-corrected chi connectivity index (χ1v) is 11.8. The average molecular weight is 439 g/mol. The van der Waals surface area contributed by atoms with Gasteiger partial charge in [0.1, 0.15) is 5.75 Å². The topological polar surface area (TPSA) is 66.9 Å². The highest BCUT2D eigenvalue weighted by Crippen LogP contribution is 2.26. The fourth-order valence-corrected chi connectivity index (χ4v) is 5.81. The van der Waals surface area contributed by atoms with Gasteiger partial charge in [0, 0.05) is 25.2 Å². The van der Waals surface area contributed by atoms with Crippen LogP contribution in [0.5, 0.6) is 5.75 Å². The number of nitrogens with zero attached hydrogens (tertiary/aromatic N) is 2. The van der Waals surface area contributed by atoms with E-state index in [4.69, 9.17) is 4.74 Å². The van der Waals surface area contributed by atoms with Crippen molar-refractivity contribution >= 4 is 26.7 Å². The van der Waals surface area contributed by atoms with Crippen LogP contribution in [0.15, 0.2) is 77.7 Å². The number of sulfonamides is 1. The fourth-order valence-electron chi connectivity index (χ4n) is 4.18. The molecule has 31 heavy (non-hydrogen) atoms. The number of hydrogen-bond donors (Lipinski definition) is 0. The van der Waals surface area contributed by atoms with Crippen LogP contribution in [0, 0.1) is 0 Å². The lowest BCUT2D eigenvalue weighted by molar-refractivity contribution is -0.140. The number of fused-ring (bicyclic) bond motifs is 1. The predicted molar refractivity (Wildman–Crippen MR) is 120 cm³/mol. The van der Waals surface area contributed by atoms with Gasteiger partial charge in [0.25, 0.3) is 5.91 Å². The summed E-state index contributed by atoms with van der Waals surface area (Å²) in [5, 5.41) is 1.88. The molecule has 1 heterocycles. The monoisotopic (exact) mass is 438 g/mol. The molecule has 7 heteroatoms. The summed E-state index contributed by atoms with van der Waals surface area (Å²) in [6.45, 7) is 4.17. The Labute approximate surface area is 183 Å². The third kappa shape index (κ3) is 4.43. The third-order valence-corrected chi connectivity index (χ3v) is 7.47. The van der Waals surface area contributed by atoms with Gasteiger partial charge in [-0.3, -0.25) is 4.79 Å². The molecular weight excluding hydrogens is 412 g/mol. The lowest BCUT2D eigenvalue weighted by Gasteiger charge is -2.43. The van der Waals surface area contributed by atoms with Gasteiger partial charge in [-0.2, -0.15) is 4.31 Å². The van der Waals surface area contributed by atoms with Crippen LogP contribution < -0.4 is 4.74 Å². The molecule has 1 aliphatic rings. The molecular formula is C24H26N2O4S. The van der Waals surface area contributed by atoms with Gasteiger partial charge in [-0.05, 0) is 48.9 Å². The van der Waals surface area contributed by atoms with E-state index in [2.05, 4.69) is 0 Å². The fraction of sp³-hybridized carbons (Fsp3) is 0.292. The van der Waals surface area contributed by atoms with E-state index in [0.717, 1.165) is 10.8 Å². The summed E-state index contributed by atoms with van der Waals surface area (Å²) < 4.78 is 33.7. The predicted octanol–water partition coefficient (Wildman–Crippen LogP) is 3.53. The number of ether oxygens (including phenoxy) is 1. The minimum Gasteiger partial charge on any atom is -0.484 e. The van der Waals surface area contributed by atoms with Crippen LogP contribution in [-0.4, -0.2) is 55.3 Å². The maximum absolute atomic E-state index is 13.3. The van der Waals surface area contributed by atoms with Crippen LogP contribution in [0.1, 0.15) is 13.8 Å². The molecule has 0 saturated carbocycles. The summed E-state index contributed by atoms with van der Waals surface area (Å²) in [4.78, 5) is 14.8. The molecule has 0 aliphatic carbocycles. The lowest BCUT2D eigenvalue weighted by atomic mass is 10.1. The zero-order chi connectivity index (χ0) is 22.0. The number of hydrogen-bond acceptors (Lipinski definition) is 4. The van der Waals surface area contributed by atoms with Gasteiger partial charge in [0.05, 0.1) is 4.90 Å². The van der Waals surface area contributed by atoms with Gasteiger partial charge in [-0.25, -0.2) is 8.42 Å². The Morgan fingerprint density at radius 1 is 0.903 bits per heavy atom. The highest BCUT2D eigenvalue weighted by molar-refractivity contribution is 7.89. The number of rotatable bonds is 5. The van der Waals surface area contributed by atoms with E-state index < -0.39 is 10.0 Å². The van der Waals surface area contributed by atoms with Crippen molar-refractivity contribution in [1.29, 1.82) is 0 Å². The number of para-hydroxylation sites is 1. The number of benzene rings is 3. The van der Waals surface area contributed by atoms with Crippen molar-refractivity contribution < 1.29 is 17.9 Å². The van der Waals surface area contributed by atoms with Crippen molar-refractivity contribution in [1.82, 2.24) is 9.21 Å². The van der Waals surface area contributed by atoms with Crippen LogP contribution >= 0.6 is 0 Å². The summed E-state index contributed by atoms with van der Waals surface area (Å²) in [6, 6.07) is 21.5. The molecule has 4 rings (SSSR count). The Bertz CT molecular complexity index is 1170. The summed E-state index contributed by atoms with van der Waals surface area (Å²) in [7, 11) is -3.66. The molecule has 6 nitrogen and oxygen atoms in total. The van der Waals surface area contributed by atoms with E-state index in [-0.39, 0.29) is 42.6 Å². The van der Waals surface area contributed by atoms with Gasteiger partial charge < -0.3 is 9.64 Å². The van der Waals surface area contributed by atoms with Crippen molar-refractivity contribution in [3.05, 3.63) is 72.8 Å². The molecule has 0 radical (unpaired) electrons. The Kier molecular flexibility index (Phi) is 5.98. The lowest BCUT2D eigenvalue weighted by Crippen LogP contribution is -2.60. The summed E-state index contributed by atoms with van der Waals surface area (Å²) >= 11 is 0. The van der Waals surface area contributed by atoms with Gasteiger partial charge in [0.15, 0.2) is 6.61 Å². The van der Waals surface area contributed by atoms with Crippen LogP contribution in [0.25, 0.3) is 10.8 Å². The summed E-state index contributed by atoms with van der Waals surface area (Å²) in [5.41, 5.74) is 0. The quantitative estimate of drug-likeness (QED) is 0.611. The minimum absolute atomic E-state index is 0.0733. The standard InChI is InChI=1S/C24H26N2O4S/c1-18-15-25(31(28,29)23-13-12-20-8-6-7-9-21(20)14-23)16-19(2)26(18)24(27)17-30-22-10-4-3-5-11-22/h3-14,18-19H,15-17H2,1-2H3. The second kappa shape index (κ2) is 8.69. The van der Waals surface area contributed by atoms with E-state index in [1.54, 1.807) is 29.2 Å². The average Bonchev–Trinajstić information content (AvgIpc) is 2.77. The molecule has 0 spiro atoms. The molecule has 162 valence electrons. The van der Waals surface area contributed by atoms with E-state index >= 15 is 0 Å². The van der Waals surface area contributed by atoms with Crippen molar-refractivity contribution in [3.8, 4) is 5.75 Å². The number of piperazine rings is 1. The molecule has 0 bridgehead atoms. The maximum atomic E-state index is 13.3. The molecule has 1 fully saturated rings. The van der Waals surface area contributed by atoms with Crippen molar-refractivity contribution in [2.24, 2.45) is 0 Å². The second-order valence-electron chi connectivity index (χ2n) is 7.93. The Morgan fingerprint density at radius 2 is 1.52 bits per heavy atom. The maximum Gasteiger partial charge on any atom is 0.261 e. The molecule has 1 aliphatic heterocycles. The first-order valence-electron chi connectivity index (χ1n) is 10.3. The van der Waals surface area contributed by atoms with E-state index in [1.807, 2.05) is 62.4 Å². The molecule has 0 N–H and O–H groups in total. The summed E-state index contributed by atoms with van der Waals surface area (Å²) in [5.74, 6) is 0.486.